The number of phosphoric acid groups is 1. The van der Waals surface area contributed by atoms with Crippen LogP contribution in [0.5, 0.6) is 5.75 Å². The third-order valence-electron chi connectivity index (χ3n) is 12.4. The van der Waals surface area contributed by atoms with E-state index in [0.29, 0.717) is 19.0 Å². The second-order valence-electron chi connectivity index (χ2n) is 17.7. The van der Waals surface area contributed by atoms with Gasteiger partial charge in [-0.25, -0.2) is 4.57 Å². The Hall–Kier alpha value is -0.870. The summed E-state index contributed by atoms with van der Waals surface area (Å²) in [6.07, 6.45) is 44.0. The SMILES string of the molecule is CCCCCCCCCCCCCCCCCCOP(=O)(OCCCCCCCCCCCCCCCCCC)OCc1cc(C(C)CC)c(O)c(C(C)CC)c1. The van der Waals surface area contributed by atoms with Gasteiger partial charge < -0.3 is 5.11 Å². The largest absolute Gasteiger partial charge is 0.507 e. The fourth-order valence-electron chi connectivity index (χ4n) is 7.94. The maximum atomic E-state index is 14.0. The molecule has 1 N–H and O–H groups in total. The molecule has 0 saturated carbocycles. The van der Waals surface area contributed by atoms with Crippen molar-refractivity contribution in [3.63, 3.8) is 0 Å². The lowest BCUT2D eigenvalue weighted by Crippen LogP contribution is -2.05. The Morgan fingerprint density at radius 3 is 0.965 bits per heavy atom. The highest BCUT2D eigenvalue weighted by molar-refractivity contribution is 7.48. The van der Waals surface area contributed by atoms with Crippen LogP contribution in [0.2, 0.25) is 0 Å². The molecule has 1 aromatic carbocycles. The lowest BCUT2D eigenvalue weighted by atomic mass is 9.88. The van der Waals surface area contributed by atoms with Crippen LogP contribution in [-0.2, 0) is 24.7 Å². The number of unbranched alkanes of at least 4 members (excludes halogenated alkanes) is 30. The molecule has 1 aromatic rings. The van der Waals surface area contributed by atoms with Crippen molar-refractivity contribution in [2.45, 2.75) is 278 Å². The fourth-order valence-corrected chi connectivity index (χ4v) is 9.17. The summed E-state index contributed by atoms with van der Waals surface area (Å²) >= 11 is 0. The number of benzene rings is 1. The Kier molecular flexibility index (Phi) is 36.2. The molecule has 6 heteroatoms. The van der Waals surface area contributed by atoms with Crippen LogP contribution in [-0.4, -0.2) is 18.3 Å². The summed E-state index contributed by atoms with van der Waals surface area (Å²) < 4.78 is 32.1. The third-order valence-corrected chi connectivity index (χ3v) is 13.8. The van der Waals surface area contributed by atoms with Crippen molar-refractivity contribution in [2.75, 3.05) is 13.2 Å². The average molecular weight is 821 g/mol. The van der Waals surface area contributed by atoms with Crippen LogP contribution in [0, 0.1) is 0 Å². The summed E-state index contributed by atoms with van der Waals surface area (Å²) in [5.74, 6) is 0.832. The maximum Gasteiger partial charge on any atom is 0.475 e. The van der Waals surface area contributed by atoms with Crippen LogP contribution in [0.1, 0.15) is 288 Å². The Balaban J connectivity index is 2.46. The van der Waals surface area contributed by atoms with E-state index >= 15 is 0 Å². The zero-order valence-corrected chi connectivity index (χ0v) is 39.9. The van der Waals surface area contributed by atoms with Gasteiger partial charge in [0.2, 0.25) is 0 Å². The summed E-state index contributed by atoms with van der Waals surface area (Å²) in [5.41, 5.74) is 2.79. The number of aromatic hydroxyl groups is 1. The molecule has 0 heterocycles. The van der Waals surface area contributed by atoms with Crippen molar-refractivity contribution in [1.29, 1.82) is 0 Å². The van der Waals surface area contributed by atoms with Gasteiger partial charge in [0, 0.05) is 0 Å². The van der Waals surface area contributed by atoms with E-state index in [1.807, 2.05) is 12.1 Å². The molecule has 0 fully saturated rings. The highest BCUT2D eigenvalue weighted by atomic mass is 31.2. The predicted octanol–water partition coefficient (Wildman–Crippen LogP) is 18.6. The standard InChI is InChI=1S/C51H97O5P/c1-7-11-13-15-17-19-21-23-25-27-29-31-33-35-37-39-41-54-57(53,56-45-48-43-49(46(5)9-3)51(52)50(44-48)47(6)10-4)55-42-40-38-36-34-32-30-28-26-24-22-20-18-16-14-12-8-2/h43-44,46-47,52H,7-42,45H2,1-6H3. The molecule has 5 nitrogen and oxygen atoms in total. The van der Waals surface area contributed by atoms with E-state index < -0.39 is 7.82 Å². The summed E-state index contributed by atoms with van der Waals surface area (Å²) in [4.78, 5) is 0. The molecule has 0 spiro atoms. The molecule has 0 aliphatic rings. The molecule has 1 rings (SSSR count). The van der Waals surface area contributed by atoms with Crippen LogP contribution in [0.25, 0.3) is 0 Å². The van der Waals surface area contributed by atoms with Crippen molar-refractivity contribution in [2.24, 2.45) is 0 Å². The molecule has 2 atom stereocenters. The number of rotatable bonds is 43. The molecular weight excluding hydrogens is 724 g/mol. The van der Waals surface area contributed by atoms with Crippen molar-refractivity contribution in [3.8, 4) is 5.75 Å². The Labute approximate surface area is 356 Å². The second kappa shape index (κ2) is 38.1. The minimum atomic E-state index is -3.73. The first-order valence-corrected chi connectivity index (χ1v) is 26.7. The molecule has 2 unspecified atom stereocenters. The smallest absolute Gasteiger partial charge is 0.475 e. The zero-order valence-electron chi connectivity index (χ0n) is 39.0. The maximum absolute atomic E-state index is 14.0. The minimum absolute atomic E-state index is 0.141. The number of phenols is 1. The van der Waals surface area contributed by atoms with Crippen molar-refractivity contribution < 1.29 is 23.2 Å². The van der Waals surface area contributed by atoms with Gasteiger partial charge in [0.1, 0.15) is 5.75 Å². The normalized spacial score (nSPS) is 13.1. The van der Waals surface area contributed by atoms with E-state index in [9.17, 15) is 9.67 Å². The summed E-state index contributed by atoms with van der Waals surface area (Å²) in [5, 5.41) is 11.1. The first kappa shape index (κ1) is 54.1. The van der Waals surface area contributed by atoms with Gasteiger partial charge in [-0.15, -0.1) is 0 Å². The number of phosphoric ester groups is 1. The number of hydrogen-bond donors (Lipinski definition) is 1. The molecule has 57 heavy (non-hydrogen) atoms. The molecule has 336 valence electrons. The molecule has 0 aliphatic heterocycles. The van der Waals surface area contributed by atoms with Gasteiger partial charge in [-0.05, 0) is 66.3 Å². The van der Waals surface area contributed by atoms with E-state index in [2.05, 4.69) is 41.5 Å². The lowest BCUT2D eigenvalue weighted by Gasteiger charge is -2.22. The van der Waals surface area contributed by atoms with Gasteiger partial charge in [0.15, 0.2) is 0 Å². The van der Waals surface area contributed by atoms with Gasteiger partial charge in [-0.3, -0.25) is 13.6 Å². The Bertz CT molecular complexity index is 1000. The van der Waals surface area contributed by atoms with Crippen molar-refractivity contribution in [1.82, 2.24) is 0 Å². The molecule has 0 radical (unpaired) electrons. The van der Waals surface area contributed by atoms with E-state index in [-0.39, 0.29) is 18.4 Å². The highest BCUT2D eigenvalue weighted by Crippen LogP contribution is 2.51. The van der Waals surface area contributed by atoms with Crippen LogP contribution in [0.15, 0.2) is 12.1 Å². The summed E-state index contributed by atoms with van der Waals surface area (Å²) in [7, 11) is -3.73. The minimum Gasteiger partial charge on any atom is -0.507 e. The predicted molar refractivity (Wildman–Crippen MR) is 249 cm³/mol. The van der Waals surface area contributed by atoms with Gasteiger partial charge in [0.05, 0.1) is 19.8 Å². The molecular formula is C51H97O5P. The second-order valence-corrected chi connectivity index (χ2v) is 19.4. The molecule has 0 bridgehead atoms. The van der Waals surface area contributed by atoms with Crippen LogP contribution < -0.4 is 0 Å². The average Bonchev–Trinajstić information content (AvgIpc) is 3.22. The summed E-state index contributed by atoms with van der Waals surface area (Å²) in [6.45, 7) is 14.1. The van der Waals surface area contributed by atoms with E-state index in [4.69, 9.17) is 13.6 Å². The van der Waals surface area contributed by atoms with Gasteiger partial charge >= 0.3 is 7.82 Å². The lowest BCUT2D eigenvalue weighted by molar-refractivity contribution is 0.105. The third kappa shape index (κ3) is 29.1. The highest BCUT2D eigenvalue weighted by Gasteiger charge is 2.27. The Morgan fingerprint density at radius 1 is 0.439 bits per heavy atom. The van der Waals surface area contributed by atoms with Crippen molar-refractivity contribution >= 4 is 7.82 Å². The van der Waals surface area contributed by atoms with Crippen LogP contribution in [0.4, 0.5) is 0 Å². The van der Waals surface area contributed by atoms with Gasteiger partial charge in [0.25, 0.3) is 0 Å². The van der Waals surface area contributed by atoms with Gasteiger partial charge in [-0.2, -0.15) is 0 Å². The first-order chi connectivity index (χ1) is 27.8. The van der Waals surface area contributed by atoms with Crippen LogP contribution in [0.3, 0.4) is 0 Å². The molecule has 0 aliphatic carbocycles. The quantitative estimate of drug-likeness (QED) is 0.0525. The van der Waals surface area contributed by atoms with E-state index in [1.54, 1.807) is 0 Å². The van der Waals surface area contributed by atoms with E-state index in [0.717, 1.165) is 55.2 Å². The summed E-state index contributed by atoms with van der Waals surface area (Å²) in [6, 6.07) is 4.04. The van der Waals surface area contributed by atoms with Gasteiger partial charge in [-0.1, -0.05) is 234 Å². The van der Waals surface area contributed by atoms with E-state index in [1.165, 1.54) is 180 Å². The molecule has 0 amide bonds. The monoisotopic (exact) mass is 821 g/mol. The van der Waals surface area contributed by atoms with Crippen LogP contribution >= 0.6 is 7.82 Å². The zero-order chi connectivity index (χ0) is 41.7. The molecule has 0 saturated heterocycles. The number of hydrogen-bond acceptors (Lipinski definition) is 5. The Morgan fingerprint density at radius 2 is 0.702 bits per heavy atom. The number of phenolic OH excluding ortho intramolecular Hbond substituents is 1. The fraction of sp³-hybridized carbons (Fsp3) is 0.882. The topological polar surface area (TPSA) is 65.0 Å². The first-order valence-electron chi connectivity index (χ1n) is 25.2. The van der Waals surface area contributed by atoms with Crippen molar-refractivity contribution in [3.05, 3.63) is 28.8 Å². The molecule has 0 aromatic heterocycles.